The molecule has 1 aliphatic rings. The SMILES string of the molecule is CN(Cc1ccc2c(c1)OCC[C@H]2NC(=O)C[C@@H](NS(=O)(=O)c1ccc(Cl)c(Cl)c1)c1ccc(F)cc1)C(C)(C)C. The summed E-state index contributed by atoms with van der Waals surface area (Å²) in [5.74, 6) is -0.126. The molecule has 0 aromatic heterocycles. The zero-order valence-corrected chi connectivity index (χ0v) is 25.7. The quantitative estimate of drug-likeness (QED) is 0.288. The standard InChI is InChI=1S/C30H34Cl2FN3O4S/c1-30(2,3)36(4)18-19-5-11-23-26(13-14-40-28(23)15-19)34-29(37)17-27(20-6-8-21(33)9-7-20)35-41(38,39)22-10-12-24(31)25(32)16-22/h5-12,15-16,26-27,35H,13-14,17-18H2,1-4H3,(H,34,37)/t26-,27-/m1/s1. The summed E-state index contributed by atoms with van der Waals surface area (Å²) in [6.07, 6.45) is 0.351. The highest BCUT2D eigenvalue weighted by Crippen LogP contribution is 2.34. The van der Waals surface area contributed by atoms with Crippen molar-refractivity contribution in [3.05, 3.63) is 93.2 Å². The van der Waals surface area contributed by atoms with Crippen LogP contribution in [0.3, 0.4) is 0 Å². The van der Waals surface area contributed by atoms with Crippen LogP contribution in [0, 0.1) is 5.82 Å². The van der Waals surface area contributed by atoms with Gasteiger partial charge in [0, 0.05) is 30.5 Å². The fraction of sp³-hybridized carbons (Fsp3) is 0.367. The Morgan fingerprint density at radius 1 is 1.07 bits per heavy atom. The number of hydrogen-bond acceptors (Lipinski definition) is 5. The predicted octanol–water partition coefficient (Wildman–Crippen LogP) is 6.41. The van der Waals surface area contributed by atoms with Crippen LogP contribution in [0.5, 0.6) is 5.75 Å². The lowest BCUT2D eigenvalue weighted by molar-refractivity contribution is -0.122. The van der Waals surface area contributed by atoms with Crippen molar-refractivity contribution in [2.24, 2.45) is 0 Å². The Labute approximate surface area is 251 Å². The summed E-state index contributed by atoms with van der Waals surface area (Å²) < 4.78 is 48.6. The van der Waals surface area contributed by atoms with Crippen LogP contribution in [0.4, 0.5) is 4.39 Å². The van der Waals surface area contributed by atoms with Crippen LogP contribution in [-0.4, -0.2) is 38.4 Å². The number of fused-ring (bicyclic) bond motifs is 1. The minimum Gasteiger partial charge on any atom is -0.493 e. The Bertz CT molecular complexity index is 1510. The van der Waals surface area contributed by atoms with Gasteiger partial charge in [0.2, 0.25) is 15.9 Å². The molecule has 1 aliphatic heterocycles. The summed E-state index contributed by atoms with van der Waals surface area (Å²) in [6.45, 7) is 7.63. The van der Waals surface area contributed by atoms with Crippen molar-refractivity contribution in [1.29, 1.82) is 0 Å². The lowest BCUT2D eigenvalue weighted by Gasteiger charge is -2.32. The third kappa shape index (κ3) is 7.99. The van der Waals surface area contributed by atoms with Gasteiger partial charge in [0.1, 0.15) is 11.6 Å². The van der Waals surface area contributed by atoms with Crippen LogP contribution in [0.1, 0.15) is 62.4 Å². The van der Waals surface area contributed by atoms with E-state index >= 15 is 0 Å². The summed E-state index contributed by atoms with van der Waals surface area (Å²) in [7, 11) is -2.03. The molecule has 0 fully saturated rings. The number of sulfonamides is 1. The van der Waals surface area contributed by atoms with Gasteiger partial charge in [0.15, 0.2) is 0 Å². The third-order valence-corrected chi connectivity index (χ3v) is 9.39. The highest BCUT2D eigenvalue weighted by atomic mass is 35.5. The minimum absolute atomic E-state index is 0.00959. The van der Waals surface area contributed by atoms with E-state index in [1.807, 2.05) is 18.2 Å². The maximum Gasteiger partial charge on any atom is 0.241 e. The summed E-state index contributed by atoms with van der Waals surface area (Å²) in [6, 6.07) is 14.0. The van der Waals surface area contributed by atoms with E-state index in [0.717, 1.165) is 23.4 Å². The van der Waals surface area contributed by atoms with Crippen molar-refractivity contribution in [3.63, 3.8) is 0 Å². The largest absolute Gasteiger partial charge is 0.493 e. The molecule has 0 radical (unpaired) electrons. The second-order valence-corrected chi connectivity index (χ2v) is 13.7. The van der Waals surface area contributed by atoms with E-state index < -0.39 is 21.9 Å². The van der Waals surface area contributed by atoms with Gasteiger partial charge in [0.25, 0.3) is 0 Å². The number of benzene rings is 3. The Morgan fingerprint density at radius 2 is 1.78 bits per heavy atom. The third-order valence-electron chi connectivity index (χ3n) is 7.18. The normalized spacial score (nSPS) is 16.1. The van der Waals surface area contributed by atoms with Gasteiger partial charge < -0.3 is 10.1 Å². The highest BCUT2D eigenvalue weighted by molar-refractivity contribution is 7.89. The molecule has 0 bridgehead atoms. The van der Waals surface area contributed by atoms with E-state index in [0.29, 0.717) is 18.6 Å². The summed E-state index contributed by atoms with van der Waals surface area (Å²) >= 11 is 12.0. The molecule has 0 spiro atoms. The first-order valence-corrected chi connectivity index (χ1v) is 15.5. The molecule has 2 atom stereocenters. The van der Waals surface area contributed by atoms with Crippen molar-refractivity contribution < 1.29 is 22.3 Å². The van der Waals surface area contributed by atoms with E-state index in [9.17, 15) is 17.6 Å². The highest BCUT2D eigenvalue weighted by Gasteiger charge is 2.28. The smallest absolute Gasteiger partial charge is 0.241 e. The number of halogens is 3. The molecule has 0 aliphatic carbocycles. The molecule has 11 heteroatoms. The van der Waals surface area contributed by atoms with Crippen molar-refractivity contribution in [3.8, 4) is 5.75 Å². The second-order valence-electron chi connectivity index (χ2n) is 11.2. The van der Waals surface area contributed by atoms with Gasteiger partial charge >= 0.3 is 0 Å². The van der Waals surface area contributed by atoms with Crippen molar-refractivity contribution in [2.45, 2.75) is 62.7 Å². The first kappa shape index (κ1) is 31.3. The van der Waals surface area contributed by atoms with E-state index in [-0.39, 0.29) is 38.8 Å². The first-order chi connectivity index (χ1) is 19.2. The van der Waals surface area contributed by atoms with Crippen molar-refractivity contribution in [1.82, 2.24) is 14.9 Å². The molecule has 0 unspecified atom stereocenters. The van der Waals surface area contributed by atoms with Crippen LogP contribution in [-0.2, 0) is 21.4 Å². The summed E-state index contributed by atoms with van der Waals surface area (Å²) in [4.78, 5) is 15.4. The number of nitrogens with zero attached hydrogens (tertiary/aromatic N) is 1. The lowest BCUT2D eigenvalue weighted by atomic mass is 9.97. The predicted molar refractivity (Wildman–Crippen MR) is 159 cm³/mol. The number of carbonyl (C=O) groups excluding carboxylic acids is 1. The maximum absolute atomic E-state index is 13.6. The van der Waals surface area contributed by atoms with Gasteiger partial charge in [-0.15, -0.1) is 0 Å². The molecule has 7 nitrogen and oxygen atoms in total. The molecule has 220 valence electrons. The van der Waals surface area contributed by atoms with Gasteiger partial charge in [-0.05, 0) is 75.3 Å². The molecular weight excluding hydrogens is 588 g/mol. The van der Waals surface area contributed by atoms with Crippen molar-refractivity contribution >= 4 is 39.1 Å². The zero-order chi connectivity index (χ0) is 29.9. The molecule has 0 saturated carbocycles. The van der Waals surface area contributed by atoms with Crippen LogP contribution >= 0.6 is 23.2 Å². The van der Waals surface area contributed by atoms with Gasteiger partial charge in [-0.1, -0.05) is 47.5 Å². The topological polar surface area (TPSA) is 87.7 Å². The average Bonchev–Trinajstić information content (AvgIpc) is 2.89. The second kappa shape index (κ2) is 12.7. The number of ether oxygens (including phenoxy) is 1. The van der Waals surface area contributed by atoms with E-state index in [2.05, 4.69) is 42.8 Å². The molecule has 1 heterocycles. The maximum atomic E-state index is 13.6. The van der Waals surface area contributed by atoms with Gasteiger partial charge in [-0.2, -0.15) is 0 Å². The average molecular weight is 623 g/mol. The molecular formula is C30H34Cl2FN3O4S. The number of rotatable bonds is 9. The fourth-order valence-corrected chi connectivity index (χ4v) is 6.07. The van der Waals surface area contributed by atoms with E-state index in [4.69, 9.17) is 27.9 Å². The number of amides is 1. The Morgan fingerprint density at radius 3 is 2.44 bits per heavy atom. The molecule has 0 saturated heterocycles. The van der Waals surface area contributed by atoms with Gasteiger partial charge in [-0.3, -0.25) is 9.69 Å². The summed E-state index contributed by atoms with van der Waals surface area (Å²) in [5.41, 5.74) is 2.41. The van der Waals surface area contributed by atoms with Gasteiger partial charge in [0.05, 0.1) is 33.6 Å². The lowest BCUT2D eigenvalue weighted by Crippen LogP contribution is -2.37. The van der Waals surface area contributed by atoms with E-state index in [1.165, 1.54) is 42.5 Å². The Balaban J connectivity index is 1.52. The van der Waals surface area contributed by atoms with Crippen LogP contribution < -0.4 is 14.8 Å². The van der Waals surface area contributed by atoms with Crippen LogP contribution in [0.2, 0.25) is 10.0 Å². The fourth-order valence-electron chi connectivity index (χ4n) is 4.45. The van der Waals surface area contributed by atoms with Crippen LogP contribution in [0.25, 0.3) is 0 Å². The molecule has 4 rings (SSSR count). The summed E-state index contributed by atoms with van der Waals surface area (Å²) in [5, 5.41) is 3.33. The number of hydrogen-bond donors (Lipinski definition) is 2. The zero-order valence-electron chi connectivity index (χ0n) is 23.4. The molecule has 2 N–H and O–H groups in total. The van der Waals surface area contributed by atoms with Gasteiger partial charge in [-0.25, -0.2) is 17.5 Å². The molecule has 41 heavy (non-hydrogen) atoms. The Kier molecular flexibility index (Phi) is 9.66. The Hall–Kier alpha value is -2.69. The van der Waals surface area contributed by atoms with Crippen molar-refractivity contribution in [2.75, 3.05) is 13.7 Å². The number of nitrogens with one attached hydrogen (secondary N) is 2. The van der Waals surface area contributed by atoms with Crippen LogP contribution in [0.15, 0.2) is 65.6 Å². The molecule has 3 aromatic carbocycles. The van der Waals surface area contributed by atoms with E-state index in [1.54, 1.807) is 0 Å². The monoisotopic (exact) mass is 621 g/mol. The molecule has 3 aromatic rings. The number of carbonyl (C=O) groups is 1. The minimum atomic E-state index is -4.10. The molecule has 1 amide bonds. The first-order valence-electron chi connectivity index (χ1n) is 13.2.